The van der Waals surface area contributed by atoms with Crippen molar-refractivity contribution >= 4 is 28.0 Å². The molecular formula is C40H18BF20N3. The molecule has 0 bridgehead atoms. The molecule has 3 nitrogen and oxygen atoms in total. The highest BCUT2D eigenvalue weighted by molar-refractivity contribution is 7.20. The van der Waals surface area contributed by atoms with Crippen LogP contribution in [-0.4, -0.2) is 6.15 Å². The minimum absolute atomic E-state index is 0.309. The summed E-state index contributed by atoms with van der Waals surface area (Å²) >= 11 is 0. The summed E-state index contributed by atoms with van der Waals surface area (Å²) in [6.45, 7) is 0.655. The summed E-state index contributed by atoms with van der Waals surface area (Å²) in [6, 6.07) is 10.1. The van der Waals surface area contributed by atoms with Crippen molar-refractivity contribution in [1.82, 2.24) is 0 Å². The van der Waals surface area contributed by atoms with E-state index in [0.717, 1.165) is 18.4 Å². The Kier molecular flexibility index (Phi) is 14.1. The van der Waals surface area contributed by atoms with Crippen LogP contribution in [0.5, 0.6) is 0 Å². The zero-order valence-corrected chi connectivity index (χ0v) is 31.2. The van der Waals surface area contributed by atoms with Gasteiger partial charge in [-0.1, -0.05) is 25.3 Å². The maximum absolute atomic E-state index is 15.4. The summed E-state index contributed by atoms with van der Waals surface area (Å²) in [5.74, 6) is -71.0. The minimum atomic E-state index is -7.22. The minimum Gasteiger partial charge on any atom is -0.207 e. The van der Waals surface area contributed by atoms with Crippen molar-refractivity contribution in [3.8, 4) is 12.1 Å². The van der Waals surface area contributed by atoms with E-state index in [2.05, 4.69) is 12.1 Å². The highest BCUT2D eigenvalue weighted by atomic mass is 19.2. The number of nitrogens with zero attached hydrogens (tertiary/aromatic N) is 3. The lowest BCUT2D eigenvalue weighted by Gasteiger charge is -2.44. The molecule has 1 aliphatic rings. The Morgan fingerprint density at radius 1 is 0.406 bits per heavy atom. The zero-order chi connectivity index (χ0) is 47.9. The third kappa shape index (κ3) is 7.76. The van der Waals surface area contributed by atoms with Gasteiger partial charge in [0.15, 0.2) is 88.7 Å². The fraction of sp³-hybridized carbons (Fsp3) is 0.175. The number of benzene rings is 4. The van der Waals surface area contributed by atoms with E-state index in [-0.39, 0.29) is 0 Å². The Hall–Kier alpha value is -6.59. The van der Waals surface area contributed by atoms with Crippen molar-refractivity contribution in [3.05, 3.63) is 158 Å². The van der Waals surface area contributed by atoms with Gasteiger partial charge in [0.25, 0.3) is 0 Å². The van der Waals surface area contributed by atoms with Crippen LogP contribution in [-0.2, 0) is 6.54 Å². The van der Waals surface area contributed by atoms with Crippen LogP contribution in [0.3, 0.4) is 0 Å². The van der Waals surface area contributed by atoms with E-state index < -0.39 is 144 Å². The van der Waals surface area contributed by atoms with Gasteiger partial charge in [0.2, 0.25) is 0 Å². The molecule has 5 aromatic rings. The number of halogens is 20. The molecule has 0 radical (unpaired) electrons. The molecule has 0 aliphatic heterocycles. The first kappa shape index (κ1) is 48.4. The molecule has 6 rings (SSSR count). The van der Waals surface area contributed by atoms with Crippen molar-refractivity contribution < 1.29 is 92.4 Å². The Morgan fingerprint density at radius 3 is 0.906 bits per heavy atom. The first-order valence-corrected chi connectivity index (χ1v) is 17.8. The summed E-state index contributed by atoms with van der Waals surface area (Å²) in [6.07, 6.45) is 2.65. The number of hydrogen-bond donors (Lipinski definition) is 0. The van der Waals surface area contributed by atoms with Crippen LogP contribution in [0.25, 0.3) is 0 Å². The smallest absolute Gasteiger partial charge is 0.200 e. The van der Waals surface area contributed by atoms with Crippen LogP contribution in [0.15, 0.2) is 41.7 Å². The van der Waals surface area contributed by atoms with Crippen LogP contribution in [0.2, 0.25) is 0 Å². The number of allylic oxidation sites excluding steroid dienone is 2. The standard InChI is InChI=1S/C24BF20.C16H18N3/c26-5-1(6(27)14(35)21(42)13(5)34)25(2-7(28)15(36)22(43)16(37)8(2)29,3-9(30)17(38)23(44)18(39)10(3)31)4-11(32)19(40)24(45)20(41)12(4)33;17-11-15(12-18)16(14-7-3-1-4-8-14)13-19-9-5-2-6-10-19/h;2,5-6,9-10,14H,1,3-4,7-8,13H2/q-1;+1. The first-order chi connectivity index (χ1) is 30.0. The topological polar surface area (TPSA) is 51.5 Å². The van der Waals surface area contributed by atoms with Gasteiger partial charge in [-0.25, -0.2) is 92.4 Å². The molecule has 0 saturated heterocycles. The van der Waals surface area contributed by atoms with Gasteiger partial charge >= 0.3 is 0 Å². The normalized spacial score (nSPS) is 13.0. The molecule has 0 atom stereocenters. The van der Waals surface area contributed by atoms with Gasteiger partial charge in [-0.3, -0.25) is 0 Å². The van der Waals surface area contributed by atoms with Crippen molar-refractivity contribution in [1.29, 1.82) is 10.5 Å². The Balaban J connectivity index is 0.000000337. The molecule has 1 heterocycles. The molecule has 1 saturated carbocycles. The van der Waals surface area contributed by atoms with Gasteiger partial charge in [0, 0.05) is 17.7 Å². The second-order valence-corrected chi connectivity index (χ2v) is 13.8. The van der Waals surface area contributed by atoms with E-state index in [4.69, 9.17) is 10.5 Å². The predicted octanol–water partition coefficient (Wildman–Crippen LogP) is 8.74. The SMILES string of the molecule is Fc1c(F)c(F)c([B-](c2c(F)c(F)c(F)c(F)c2F)(c2c(F)c(F)c(F)c(F)c2F)c2c(F)c(F)c(F)c(F)c2F)c(F)c1F.N#CC(C#N)=C(C[n+]1ccccc1)C1CCCCC1. The van der Waals surface area contributed by atoms with Crippen LogP contribution < -0.4 is 26.4 Å². The third-order valence-electron chi connectivity index (χ3n) is 10.5. The maximum Gasteiger partial charge on any atom is 0.200 e. The van der Waals surface area contributed by atoms with Gasteiger partial charge in [-0.2, -0.15) is 10.5 Å². The quantitative estimate of drug-likeness (QED) is 0.0410. The van der Waals surface area contributed by atoms with Crippen molar-refractivity contribution in [2.24, 2.45) is 5.92 Å². The second kappa shape index (κ2) is 18.6. The molecule has 0 amide bonds. The molecule has 1 fully saturated rings. The lowest BCUT2D eigenvalue weighted by atomic mass is 9.12. The lowest BCUT2D eigenvalue weighted by Crippen LogP contribution is -2.81. The molecule has 1 aromatic heterocycles. The Labute approximate surface area is 345 Å². The van der Waals surface area contributed by atoms with Gasteiger partial charge in [0.1, 0.15) is 70.4 Å². The fourth-order valence-corrected chi connectivity index (χ4v) is 7.64. The number of hydrogen-bond acceptors (Lipinski definition) is 2. The molecule has 1 aliphatic carbocycles. The summed E-state index contributed by atoms with van der Waals surface area (Å²) in [4.78, 5) is 0. The van der Waals surface area contributed by atoms with Gasteiger partial charge in [-0.05, 0) is 18.8 Å². The monoisotopic (exact) mass is 931 g/mol. The average molecular weight is 931 g/mol. The van der Waals surface area contributed by atoms with E-state index >= 15 is 35.1 Å². The highest BCUT2D eigenvalue weighted by Gasteiger charge is 2.52. The van der Waals surface area contributed by atoms with E-state index in [9.17, 15) is 52.7 Å². The summed E-state index contributed by atoms with van der Waals surface area (Å²) in [5.41, 5.74) is -13.0. The number of rotatable bonds is 7. The molecule has 0 spiro atoms. The molecule has 24 heteroatoms. The third-order valence-corrected chi connectivity index (χ3v) is 10.5. The van der Waals surface area contributed by atoms with E-state index in [1.54, 1.807) is 0 Å². The van der Waals surface area contributed by atoms with Crippen molar-refractivity contribution in [2.75, 3.05) is 0 Å². The molecule has 4 aromatic carbocycles. The summed E-state index contributed by atoms with van der Waals surface area (Å²) in [7, 11) is 0. The highest BCUT2D eigenvalue weighted by Crippen LogP contribution is 2.33. The average Bonchev–Trinajstić information content (AvgIpc) is 3.29. The number of aromatic nitrogens is 1. The van der Waals surface area contributed by atoms with Gasteiger partial charge in [-0.15, -0.1) is 21.9 Å². The van der Waals surface area contributed by atoms with Crippen molar-refractivity contribution in [2.45, 2.75) is 38.6 Å². The largest absolute Gasteiger partial charge is 0.207 e. The van der Waals surface area contributed by atoms with Crippen LogP contribution >= 0.6 is 0 Å². The van der Waals surface area contributed by atoms with Crippen LogP contribution in [0.4, 0.5) is 87.8 Å². The Bertz CT molecular complexity index is 2420. The van der Waals surface area contributed by atoms with Crippen LogP contribution in [0, 0.1) is 145 Å². The fourth-order valence-electron chi connectivity index (χ4n) is 7.64. The van der Waals surface area contributed by atoms with Crippen molar-refractivity contribution in [3.63, 3.8) is 0 Å². The Morgan fingerprint density at radius 2 is 0.656 bits per heavy atom. The van der Waals surface area contributed by atoms with E-state index in [1.165, 1.54) is 19.3 Å². The van der Waals surface area contributed by atoms with Gasteiger partial charge < -0.3 is 0 Å². The molecular weight excluding hydrogens is 913 g/mol. The maximum atomic E-state index is 15.4. The van der Waals surface area contributed by atoms with Crippen LogP contribution in [0.1, 0.15) is 32.1 Å². The lowest BCUT2D eigenvalue weighted by molar-refractivity contribution is -0.689. The first-order valence-electron chi connectivity index (χ1n) is 17.8. The summed E-state index contributed by atoms with van der Waals surface area (Å²) in [5, 5.41) is 18.3. The molecule has 64 heavy (non-hydrogen) atoms. The molecule has 336 valence electrons. The molecule has 0 unspecified atom stereocenters. The van der Waals surface area contributed by atoms with Gasteiger partial charge in [0.05, 0.1) is 0 Å². The second-order valence-electron chi connectivity index (χ2n) is 13.8. The number of nitriles is 2. The molecule has 0 N–H and O–H groups in total. The number of pyridine rings is 1. The summed E-state index contributed by atoms with van der Waals surface area (Å²) < 4.78 is 296. The van der Waals surface area contributed by atoms with E-state index in [1.807, 2.05) is 35.2 Å². The zero-order valence-electron chi connectivity index (χ0n) is 31.2. The predicted molar refractivity (Wildman–Crippen MR) is 181 cm³/mol. The van der Waals surface area contributed by atoms with E-state index in [0.29, 0.717) is 18.0 Å².